The van der Waals surface area contributed by atoms with Crippen LogP contribution in [-0.4, -0.2) is 26.2 Å². The summed E-state index contributed by atoms with van der Waals surface area (Å²) in [6.45, 7) is 1.53. The van der Waals surface area contributed by atoms with Crippen LogP contribution in [0.3, 0.4) is 0 Å². The number of nitrogens with two attached hydrogens (primary N) is 1. The predicted molar refractivity (Wildman–Crippen MR) is 75.7 cm³/mol. The van der Waals surface area contributed by atoms with E-state index in [0.29, 0.717) is 17.5 Å². The number of anilines is 1. The molecule has 0 aromatic heterocycles. The van der Waals surface area contributed by atoms with Crippen molar-refractivity contribution >= 4 is 11.6 Å². The highest BCUT2D eigenvalue weighted by molar-refractivity contribution is 5.78. The van der Waals surface area contributed by atoms with E-state index in [0.717, 1.165) is 25.1 Å². The van der Waals surface area contributed by atoms with Crippen LogP contribution >= 0.6 is 0 Å². The number of hydrogen-bond donors (Lipinski definition) is 2. The molecule has 4 heteroatoms. The Morgan fingerprint density at radius 1 is 1.47 bits per heavy atom. The minimum absolute atomic E-state index is 0.0642. The molecule has 1 amide bonds. The first-order valence-electron chi connectivity index (χ1n) is 6.74. The molecular formula is C15H22N2O2. The van der Waals surface area contributed by atoms with Crippen LogP contribution in [0.2, 0.25) is 0 Å². The first-order valence-corrected chi connectivity index (χ1v) is 6.74. The Morgan fingerprint density at radius 3 is 2.89 bits per heavy atom. The van der Waals surface area contributed by atoms with Gasteiger partial charge in [0.05, 0.1) is 6.42 Å². The normalized spacial score (nSPS) is 16.1. The predicted octanol–water partition coefficient (Wildman–Crippen LogP) is 1.74. The number of nitrogens with one attached hydrogen (secondary N) is 1. The lowest BCUT2D eigenvalue weighted by molar-refractivity contribution is -0.120. The summed E-state index contributed by atoms with van der Waals surface area (Å²) in [7, 11) is 1.72. The lowest BCUT2D eigenvalue weighted by Gasteiger charge is -2.15. The second-order valence-corrected chi connectivity index (χ2v) is 5.44. The molecule has 0 saturated heterocycles. The number of benzene rings is 1. The summed E-state index contributed by atoms with van der Waals surface area (Å²) in [5.74, 6) is 0.0642. The number of carbonyl (C=O) groups excluding carboxylic acids is 1. The molecule has 0 bridgehead atoms. The molecule has 0 heterocycles. The van der Waals surface area contributed by atoms with E-state index in [1.165, 1.54) is 12.8 Å². The number of amides is 1. The molecule has 1 aromatic rings. The van der Waals surface area contributed by atoms with Gasteiger partial charge in [0.1, 0.15) is 0 Å². The van der Waals surface area contributed by atoms with Crippen molar-refractivity contribution in [2.75, 3.05) is 26.0 Å². The largest absolute Gasteiger partial charge is 0.399 e. The topological polar surface area (TPSA) is 64.3 Å². The average molecular weight is 262 g/mol. The number of nitrogen functional groups attached to an aromatic ring is 1. The number of methoxy groups -OCH3 is 1. The molecule has 1 aliphatic rings. The van der Waals surface area contributed by atoms with Gasteiger partial charge in [-0.25, -0.2) is 0 Å². The monoisotopic (exact) mass is 262 g/mol. The lowest BCUT2D eigenvalue weighted by atomic mass is 10.0. The third-order valence-corrected chi connectivity index (χ3v) is 3.77. The van der Waals surface area contributed by atoms with Crippen LogP contribution in [0.25, 0.3) is 0 Å². The maximum absolute atomic E-state index is 11.9. The zero-order valence-electron chi connectivity index (χ0n) is 11.4. The summed E-state index contributed by atoms with van der Waals surface area (Å²) in [4.78, 5) is 11.9. The summed E-state index contributed by atoms with van der Waals surface area (Å²) in [5, 5.41) is 3.03. The smallest absolute Gasteiger partial charge is 0.224 e. The van der Waals surface area contributed by atoms with Crippen LogP contribution in [0.15, 0.2) is 24.3 Å². The van der Waals surface area contributed by atoms with Gasteiger partial charge < -0.3 is 15.8 Å². The molecule has 0 aliphatic heterocycles. The van der Waals surface area contributed by atoms with Gasteiger partial charge in [-0.05, 0) is 42.4 Å². The minimum Gasteiger partial charge on any atom is -0.399 e. The van der Waals surface area contributed by atoms with Crippen LogP contribution in [0.1, 0.15) is 24.8 Å². The van der Waals surface area contributed by atoms with Crippen molar-refractivity contribution in [2.45, 2.75) is 25.7 Å². The van der Waals surface area contributed by atoms with Crippen LogP contribution in [0, 0.1) is 5.41 Å². The zero-order chi connectivity index (χ0) is 13.7. The van der Waals surface area contributed by atoms with Crippen molar-refractivity contribution in [2.24, 2.45) is 5.41 Å². The van der Waals surface area contributed by atoms with E-state index in [1.54, 1.807) is 7.11 Å². The van der Waals surface area contributed by atoms with Crippen LogP contribution in [0.5, 0.6) is 0 Å². The molecule has 0 unspecified atom stereocenters. The zero-order valence-corrected chi connectivity index (χ0v) is 11.4. The van der Waals surface area contributed by atoms with E-state index in [4.69, 9.17) is 10.5 Å². The Labute approximate surface area is 114 Å². The SMILES string of the molecule is COCCC1(CNC(=O)Cc2cccc(N)c2)CC1. The first kappa shape index (κ1) is 13.9. The van der Waals surface area contributed by atoms with Gasteiger partial charge in [0.2, 0.25) is 5.91 Å². The third-order valence-electron chi connectivity index (χ3n) is 3.77. The quantitative estimate of drug-likeness (QED) is 0.736. The van der Waals surface area contributed by atoms with Gasteiger partial charge in [-0.2, -0.15) is 0 Å². The van der Waals surface area contributed by atoms with E-state index in [9.17, 15) is 4.79 Å². The molecule has 1 fully saturated rings. The second kappa shape index (κ2) is 6.06. The molecule has 1 aromatic carbocycles. The summed E-state index contributed by atoms with van der Waals surface area (Å²) in [6, 6.07) is 7.47. The van der Waals surface area contributed by atoms with Crippen LogP contribution < -0.4 is 11.1 Å². The van der Waals surface area contributed by atoms with Crippen LogP contribution in [0.4, 0.5) is 5.69 Å². The maximum atomic E-state index is 11.9. The second-order valence-electron chi connectivity index (χ2n) is 5.44. The number of carbonyl (C=O) groups is 1. The standard InChI is InChI=1S/C15H22N2O2/c1-19-8-7-15(5-6-15)11-17-14(18)10-12-3-2-4-13(16)9-12/h2-4,9H,5-8,10-11,16H2,1H3,(H,17,18). The first-order chi connectivity index (χ1) is 9.13. The maximum Gasteiger partial charge on any atom is 0.224 e. The highest BCUT2D eigenvalue weighted by Gasteiger charge is 2.41. The summed E-state index contributed by atoms with van der Waals surface area (Å²) in [5.41, 5.74) is 7.65. The molecule has 1 saturated carbocycles. The van der Waals surface area contributed by atoms with Gasteiger partial charge in [0.15, 0.2) is 0 Å². The van der Waals surface area contributed by atoms with Crippen molar-refractivity contribution in [1.29, 1.82) is 0 Å². The van der Waals surface area contributed by atoms with Crippen molar-refractivity contribution < 1.29 is 9.53 Å². The fourth-order valence-electron chi connectivity index (χ4n) is 2.25. The third kappa shape index (κ3) is 4.24. The summed E-state index contributed by atoms with van der Waals surface area (Å²) in [6.07, 6.45) is 3.80. The molecule has 1 aliphatic carbocycles. The molecule has 0 spiro atoms. The molecule has 0 radical (unpaired) electrons. The van der Waals surface area contributed by atoms with Crippen molar-refractivity contribution in [3.05, 3.63) is 29.8 Å². The number of ether oxygens (including phenoxy) is 1. The molecule has 0 atom stereocenters. The molecule has 19 heavy (non-hydrogen) atoms. The minimum atomic E-state index is 0.0642. The van der Waals surface area contributed by atoms with Gasteiger partial charge >= 0.3 is 0 Å². The van der Waals surface area contributed by atoms with Crippen molar-refractivity contribution in [3.8, 4) is 0 Å². The summed E-state index contributed by atoms with van der Waals surface area (Å²) < 4.78 is 5.11. The fraction of sp³-hybridized carbons (Fsp3) is 0.533. The Bertz CT molecular complexity index is 442. The highest BCUT2D eigenvalue weighted by atomic mass is 16.5. The Balaban J connectivity index is 1.76. The van der Waals surface area contributed by atoms with Crippen LogP contribution in [-0.2, 0) is 16.0 Å². The van der Waals surface area contributed by atoms with Gasteiger partial charge in [-0.15, -0.1) is 0 Å². The van der Waals surface area contributed by atoms with Gasteiger partial charge in [0, 0.05) is 25.9 Å². The van der Waals surface area contributed by atoms with E-state index in [1.807, 2.05) is 24.3 Å². The van der Waals surface area contributed by atoms with Gasteiger partial charge in [-0.1, -0.05) is 12.1 Å². The molecular weight excluding hydrogens is 240 g/mol. The molecule has 4 nitrogen and oxygen atoms in total. The Morgan fingerprint density at radius 2 is 2.26 bits per heavy atom. The molecule has 104 valence electrons. The average Bonchev–Trinajstić information content (AvgIpc) is 3.15. The molecule has 3 N–H and O–H groups in total. The number of rotatable bonds is 7. The van der Waals surface area contributed by atoms with E-state index in [-0.39, 0.29) is 5.91 Å². The summed E-state index contributed by atoms with van der Waals surface area (Å²) >= 11 is 0. The van der Waals surface area contributed by atoms with E-state index in [2.05, 4.69) is 5.32 Å². The Kier molecular flexibility index (Phi) is 4.43. The van der Waals surface area contributed by atoms with Crippen molar-refractivity contribution in [3.63, 3.8) is 0 Å². The van der Waals surface area contributed by atoms with Crippen molar-refractivity contribution in [1.82, 2.24) is 5.32 Å². The fourth-order valence-corrected chi connectivity index (χ4v) is 2.25. The van der Waals surface area contributed by atoms with E-state index < -0.39 is 0 Å². The molecule has 2 rings (SSSR count). The van der Waals surface area contributed by atoms with E-state index >= 15 is 0 Å². The Hall–Kier alpha value is -1.55. The highest BCUT2D eigenvalue weighted by Crippen LogP contribution is 2.48. The van der Waals surface area contributed by atoms with Gasteiger partial charge in [0.25, 0.3) is 0 Å². The number of hydrogen-bond acceptors (Lipinski definition) is 3. The van der Waals surface area contributed by atoms with Gasteiger partial charge in [-0.3, -0.25) is 4.79 Å². The lowest BCUT2D eigenvalue weighted by Crippen LogP contribution is -2.31.